The van der Waals surface area contributed by atoms with Gasteiger partial charge in [0.05, 0.1) is 11.2 Å². The second-order valence-corrected chi connectivity index (χ2v) is 7.23. The van der Waals surface area contributed by atoms with E-state index in [1.54, 1.807) is 0 Å². The second-order valence-electron chi connectivity index (χ2n) is 7.23. The van der Waals surface area contributed by atoms with Gasteiger partial charge in [0.25, 0.3) is 5.91 Å². The molecule has 0 spiro atoms. The number of phenols is 1. The summed E-state index contributed by atoms with van der Waals surface area (Å²) < 4.78 is 14.5. The first-order chi connectivity index (χ1) is 14.3. The Morgan fingerprint density at radius 3 is 1.94 bits per heavy atom. The summed E-state index contributed by atoms with van der Waals surface area (Å²) in [6, 6.07) is 0. The number of anilines is 1. The number of hydrogen-bond acceptors (Lipinski definition) is 8. The molecule has 2 aliphatic heterocycles. The van der Waals surface area contributed by atoms with Gasteiger partial charge in [-0.05, 0) is 5.46 Å². The molecule has 1 fully saturated rings. The molecule has 2 heterocycles. The van der Waals surface area contributed by atoms with E-state index in [1.807, 2.05) is 0 Å². The molecule has 19 heteroatoms. The number of aliphatic hydroxyl groups is 3. The maximum Gasteiger partial charge on any atom is 0.256 e. The third-order valence-corrected chi connectivity index (χ3v) is 5.41. The number of fused-ring (bicyclic) bond motifs is 1. The van der Waals surface area contributed by atoms with E-state index in [0.29, 0.717) is 0 Å². The fourth-order valence-corrected chi connectivity index (χ4v) is 3.69. The maximum atomic E-state index is 14.5. The fraction of sp³-hybridized carbons (Fsp3) is 0.308. The number of nitrogens with zero attached hydrogens (tertiary/aromatic N) is 3. The molecular formula is C13H4B8FN3O7. The smallest absolute Gasteiger partial charge is 0.256 e. The zero-order valence-electron chi connectivity index (χ0n) is 15.9. The Balaban J connectivity index is 2.43. The van der Waals surface area contributed by atoms with Crippen LogP contribution in [0.4, 0.5) is 10.1 Å². The van der Waals surface area contributed by atoms with Crippen molar-refractivity contribution < 1.29 is 39.2 Å². The van der Waals surface area contributed by atoms with Crippen LogP contribution in [0.15, 0.2) is 0 Å². The molecule has 10 nitrogen and oxygen atoms in total. The Hall–Kier alpha value is -2.24. The lowest BCUT2D eigenvalue weighted by Gasteiger charge is -2.61. The van der Waals surface area contributed by atoms with Crippen LogP contribution < -0.4 is 10.2 Å². The highest BCUT2D eigenvalue weighted by atomic mass is 19.1. The molecule has 2 aliphatic rings. The molecule has 3 amide bonds. The minimum atomic E-state index is -3.78. The Labute approximate surface area is 190 Å². The van der Waals surface area contributed by atoms with Gasteiger partial charge >= 0.3 is 0 Å². The summed E-state index contributed by atoms with van der Waals surface area (Å²) in [6.45, 7) is 0. The molecule has 4 atom stereocenters. The lowest BCUT2D eigenvalue weighted by Crippen LogP contribution is -2.88. The monoisotopic (exact) mass is 421 g/mol. The van der Waals surface area contributed by atoms with Gasteiger partial charge in [0.1, 0.15) is 47.9 Å². The molecule has 0 saturated carbocycles. The molecule has 3 rings (SSSR count). The third-order valence-electron chi connectivity index (χ3n) is 5.41. The molecule has 1 saturated heterocycles. The predicted molar refractivity (Wildman–Crippen MR) is 111 cm³/mol. The van der Waals surface area contributed by atoms with E-state index in [9.17, 15) is 39.2 Å². The van der Waals surface area contributed by atoms with E-state index in [1.165, 1.54) is 0 Å². The van der Waals surface area contributed by atoms with Crippen molar-refractivity contribution in [3.63, 3.8) is 0 Å². The van der Waals surface area contributed by atoms with Crippen LogP contribution >= 0.6 is 0 Å². The van der Waals surface area contributed by atoms with Crippen LogP contribution in [0.5, 0.6) is 5.75 Å². The SMILES string of the molecule is [B]c1c(F)c(O)c(N([B])[B])c2c1C(=O)N(C1([B])C(=O)N([B])C(=O)C([B])(O)C1([B])O)C2([B])O. The number of hydrogen-bond donors (Lipinski definition) is 4. The molecule has 4 unspecified atom stereocenters. The number of rotatable bonds is 2. The largest absolute Gasteiger partial charge is 0.503 e. The number of benzene rings is 1. The number of aromatic hydroxyl groups is 1. The lowest BCUT2D eigenvalue weighted by atomic mass is 9.42. The Kier molecular flexibility index (Phi) is 5.07. The van der Waals surface area contributed by atoms with Crippen molar-refractivity contribution in [2.75, 3.05) is 4.72 Å². The molecule has 0 aromatic heterocycles. The topological polar surface area (TPSA) is 142 Å². The van der Waals surface area contributed by atoms with Crippen LogP contribution in [0.2, 0.25) is 0 Å². The van der Waals surface area contributed by atoms with E-state index in [0.717, 1.165) is 0 Å². The molecule has 1 aromatic carbocycles. The van der Waals surface area contributed by atoms with Gasteiger partial charge < -0.3 is 34.9 Å². The zero-order valence-corrected chi connectivity index (χ0v) is 15.9. The molecule has 1 aromatic rings. The second kappa shape index (κ2) is 6.64. The van der Waals surface area contributed by atoms with E-state index in [-0.39, 0.29) is 9.62 Å². The summed E-state index contributed by atoms with van der Waals surface area (Å²) in [5.41, 5.74) is -18.6. The van der Waals surface area contributed by atoms with Gasteiger partial charge in [-0.1, -0.05) is 0 Å². The molecule has 0 bridgehead atoms. The number of carbonyl (C=O) groups excluding carboxylic acids is 3. The van der Waals surface area contributed by atoms with Crippen molar-refractivity contribution in [1.29, 1.82) is 0 Å². The van der Waals surface area contributed by atoms with Gasteiger partial charge in [0.2, 0.25) is 35.8 Å². The third kappa shape index (κ3) is 2.47. The van der Waals surface area contributed by atoms with Gasteiger partial charge in [-0.2, -0.15) is 0 Å². The van der Waals surface area contributed by atoms with Crippen molar-refractivity contribution in [1.82, 2.24) is 9.71 Å². The molecule has 144 valence electrons. The summed E-state index contributed by atoms with van der Waals surface area (Å²) in [7, 11) is 44.0. The summed E-state index contributed by atoms with van der Waals surface area (Å²) >= 11 is 0. The van der Waals surface area contributed by atoms with Crippen LogP contribution in [0.1, 0.15) is 15.9 Å². The van der Waals surface area contributed by atoms with E-state index < -0.39 is 78.4 Å². The standard InChI is InChI=1S/C13H4B8FN3O7/c14-3-1-2(5(25(20)21)6(26)4(3)22)12(17,31)24(7(1)27)10(15)8(28)23(19)9(29)11(16,30)13(10,18)32/h26,30-32H. The number of phenolic OH excluding ortho intramolecular Hbond substituents is 1. The zero-order chi connectivity index (χ0) is 24.9. The number of piperidine rings is 1. The summed E-state index contributed by atoms with van der Waals surface area (Å²) in [5, 5.41) is 42.1. The molecular weight excluding hydrogens is 416 g/mol. The average molecular weight is 420 g/mol. The number of amides is 3. The minimum Gasteiger partial charge on any atom is -0.503 e. The predicted octanol–water partition coefficient (Wildman–Crippen LogP) is -6.94. The van der Waals surface area contributed by atoms with Gasteiger partial charge in [-0.3, -0.25) is 14.4 Å². The maximum absolute atomic E-state index is 14.5. The van der Waals surface area contributed by atoms with Gasteiger partial charge in [0.15, 0.2) is 19.4 Å². The summed E-state index contributed by atoms with van der Waals surface area (Å²) in [5.74, 6) is -8.45. The average Bonchev–Trinajstić information content (AvgIpc) is 2.88. The molecule has 32 heavy (non-hydrogen) atoms. The van der Waals surface area contributed by atoms with E-state index >= 15 is 0 Å². The molecule has 16 radical (unpaired) electrons. The molecule has 4 N–H and O–H groups in total. The highest BCUT2D eigenvalue weighted by Crippen LogP contribution is 2.50. The van der Waals surface area contributed by atoms with Crippen LogP contribution in [0, 0.1) is 5.82 Å². The lowest BCUT2D eigenvalue weighted by molar-refractivity contribution is -0.192. The summed E-state index contributed by atoms with van der Waals surface area (Å²) in [6.07, 6.45) is 0. The van der Waals surface area contributed by atoms with Gasteiger partial charge in [-0.15, -0.1) is 0 Å². The van der Waals surface area contributed by atoms with Gasteiger partial charge in [-0.25, -0.2) is 4.39 Å². The quantitative estimate of drug-likeness (QED) is 0.274. The summed E-state index contributed by atoms with van der Waals surface area (Å²) in [4.78, 5) is 37.5. The highest BCUT2D eigenvalue weighted by Gasteiger charge is 2.72. The van der Waals surface area contributed by atoms with Crippen LogP contribution in [0.25, 0.3) is 0 Å². The first-order valence-electron chi connectivity index (χ1n) is 8.26. The fourth-order valence-electron chi connectivity index (χ4n) is 3.69. The highest BCUT2D eigenvalue weighted by molar-refractivity contribution is 6.51. The number of halogens is 1. The van der Waals surface area contributed by atoms with Crippen LogP contribution in [-0.4, -0.2) is 127 Å². The van der Waals surface area contributed by atoms with Crippen molar-refractivity contribution in [3.05, 3.63) is 16.9 Å². The number of imide groups is 1. The van der Waals surface area contributed by atoms with E-state index in [4.69, 9.17) is 63.2 Å². The van der Waals surface area contributed by atoms with Crippen LogP contribution in [-0.2, 0) is 15.2 Å². The Bertz CT molecular complexity index is 1100. The normalized spacial score (nSPS) is 34.7. The Morgan fingerprint density at radius 1 is 0.969 bits per heavy atom. The Morgan fingerprint density at radius 2 is 1.47 bits per heavy atom. The van der Waals surface area contributed by atoms with E-state index in [2.05, 4.69) is 0 Å². The first-order valence-corrected chi connectivity index (χ1v) is 8.26. The molecule has 0 aliphatic carbocycles. The van der Waals surface area contributed by atoms with Crippen molar-refractivity contribution in [2.24, 2.45) is 0 Å². The van der Waals surface area contributed by atoms with Crippen molar-refractivity contribution in [2.45, 2.75) is 22.1 Å². The first kappa shape index (κ1) is 24.4. The van der Waals surface area contributed by atoms with Crippen LogP contribution in [0.3, 0.4) is 0 Å². The van der Waals surface area contributed by atoms with Crippen molar-refractivity contribution >= 4 is 92.0 Å². The van der Waals surface area contributed by atoms with Gasteiger partial charge in [0, 0.05) is 11.1 Å². The van der Waals surface area contributed by atoms with Crippen molar-refractivity contribution in [3.8, 4) is 5.75 Å². The minimum absolute atomic E-state index is 0.0455. The number of carbonyl (C=O) groups is 3.